The quantitative estimate of drug-likeness (QED) is 0.702. The number of rotatable bonds is 2. The van der Waals surface area contributed by atoms with Crippen molar-refractivity contribution in [1.29, 1.82) is 5.26 Å². The first-order valence-electron chi connectivity index (χ1n) is 6.08. The number of nitriles is 1. The van der Waals surface area contributed by atoms with Gasteiger partial charge in [0.1, 0.15) is 18.3 Å². The van der Waals surface area contributed by atoms with E-state index < -0.39 is 0 Å². The molecule has 0 saturated heterocycles. The summed E-state index contributed by atoms with van der Waals surface area (Å²) in [6.07, 6.45) is 2.87. The Morgan fingerprint density at radius 3 is 2.90 bits per heavy atom. The van der Waals surface area contributed by atoms with Crippen molar-refractivity contribution in [2.24, 2.45) is 0 Å². The Bertz CT molecular complexity index is 884. The van der Waals surface area contributed by atoms with Crippen LogP contribution in [0.4, 0.5) is 0 Å². The smallest absolute Gasteiger partial charge is 0.265 e. The van der Waals surface area contributed by atoms with Gasteiger partial charge in [0.05, 0.1) is 18.0 Å². The highest BCUT2D eigenvalue weighted by molar-refractivity contribution is 5.75. The minimum Gasteiger partial charge on any atom is -0.285 e. The minimum absolute atomic E-state index is 0.0165. The van der Waals surface area contributed by atoms with Crippen molar-refractivity contribution in [2.75, 3.05) is 0 Å². The van der Waals surface area contributed by atoms with Gasteiger partial charge in [0, 0.05) is 0 Å². The van der Waals surface area contributed by atoms with E-state index in [-0.39, 0.29) is 12.1 Å². The van der Waals surface area contributed by atoms with Gasteiger partial charge in [-0.15, -0.1) is 0 Å². The SMILES string of the molecule is Cc1ccccc1-n1ncc2c(=O)n(CC#N)cnc21. The van der Waals surface area contributed by atoms with Gasteiger partial charge in [-0.2, -0.15) is 10.4 Å². The zero-order chi connectivity index (χ0) is 14.1. The Labute approximate surface area is 114 Å². The summed E-state index contributed by atoms with van der Waals surface area (Å²) < 4.78 is 2.91. The predicted molar refractivity (Wildman–Crippen MR) is 73.5 cm³/mol. The number of hydrogen-bond donors (Lipinski definition) is 0. The summed E-state index contributed by atoms with van der Waals surface area (Å²) in [6, 6.07) is 9.68. The molecule has 0 spiro atoms. The molecule has 0 bridgehead atoms. The maximum atomic E-state index is 12.2. The molecule has 0 saturated carbocycles. The number of nitrogens with zero attached hydrogens (tertiary/aromatic N) is 5. The van der Waals surface area contributed by atoms with Crippen LogP contribution >= 0.6 is 0 Å². The number of para-hydroxylation sites is 1. The van der Waals surface area contributed by atoms with E-state index in [0.717, 1.165) is 11.3 Å². The summed E-state index contributed by atoms with van der Waals surface area (Å²) in [7, 11) is 0. The zero-order valence-electron chi connectivity index (χ0n) is 10.8. The van der Waals surface area contributed by atoms with Crippen LogP contribution in [0, 0.1) is 18.3 Å². The molecule has 98 valence electrons. The van der Waals surface area contributed by atoms with Gasteiger partial charge in [0.2, 0.25) is 0 Å². The first kappa shape index (κ1) is 12.1. The highest BCUT2D eigenvalue weighted by Gasteiger charge is 2.12. The molecule has 20 heavy (non-hydrogen) atoms. The molecule has 1 aromatic carbocycles. The second kappa shape index (κ2) is 4.63. The maximum Gasteiger partial charge on any atom is 0.265 e. The largest absolute Gasteiger partial charge is 0.285 e. The molecule has 0 radical (unpaired) electrons. The summed E-state index contributed by atoms with van der Waals surface area (Å²) in [5.74, 6) is 0. The molecular formula is C14H11N5O. The van der Waals surface area contributed by atoms with Crippen molar-refractivity contribution in [3.8, 4) is 11.8 Å². The minimum atomic E-state index is -0.253. The molecule has 3 rings (SSSR count). The highest BCUT2D eigenvalue weighted by Crippen LogP contribution is 2.16. The van der Waals surface area contributed by atoms with E-state index in [1.165, 1.54) is 17.1 Å². The lowest BCUT2D eigenvalue weighted by Crippen LogP contribution is -2.19. The first-order valence-corrected chi connectivity index (χ1v) is 6.08. The van der Waals surface area contributed by atoms with Gasteiger partial charge < -0.3 is 0 Å². The molecule has 0 aliphatic carbocycles. The van der Waals surface area contributed by atoms with E-state index in [4.69, 9.17) is 5.26 Å². The molecule has 6 heteroatoms. The second-order valence-corrected chi connectivity index (χ2v) is 4.42. The summed E-state index contributed by atoms with van der Waals surface area (Å²) in [6.45, 7) is 1.96. The summed E-state index contributed by atoms with van der Waals surface area (Å²) in [4.78, 5) is 16.4. The lowest BCUT2D eigenvalue weighted by molar-refractivity contribution is 0.771. The van der Waals surface area contributed by atoms with E-state index >= 15 is 0 Å². The Morgan fingerprint density at radius 1 is 1.35 bits per heavy atom. The van der Waals surface area contributed by atoms with E-state index in [0.29, 0.717) is 11.0 Å². The first-order chi connectivity index (χ1) is 9.72. The summed E-state index contributed by atoms with van der Waals surface area (Å²) in [5, 5.41) is 13.3. The average molecular weight is 265 g/mol. The molecular weight excluding hydrogens is 254 g/mol. The molecule has 0 aliphatic heterocycles. The molecule has 0 unspecified atom stereocenters. The Kier molecular flexibility index (Phi) is 2.80. The predicted octanol–water partition coefficient (Wildman–Crippen LogP) is 1.41. The number of fused-ring (bicyclic) bond motifs is 1. The fraction of sp³-hybridized carbons (Fsp3) is 0.143. The van der Waals surface area contributed by atoms with Crippen LogP contribution in [-0.4, -0.2) is 19.3 Å². The number of aromatic nitrogens is 4. The third kappa shape index (κ3) is 1.77. The lowest BCUT2D eigenvalue weighted by atomic mass is 10.2. The van der Waals surface area contributed by atoms with Gasteiger partial charge >= 0.3 is 0 Å². The third-order valence-electron chi connectivity index (χ3n) is 3.14. The molecule has 0 amide bonds. The second-order valence-electron chi connectivity index (χ2n) is 4.42. The number of aryl methyl sites for hydroxylation is 1. The van der Waals surface area contributed by atoms with Crippen molar-refractivity contribution in [3.05, 3.63) is 52.7 Å². The van der Waals surface area contributed by atoms with E-state index in [1.807, 2.05) is 37.3 Å². The zero-order valence-corrected chi connectivity index (χ0v) is 10.8. The normalized spacial score (nSPS) is 10.6. The fourth-order valence-corrected chi connectivity index (χ4v) is 2.11. The van der Waals surface area contributed by atoms with Gasteiger partial charge in [-0.05, 0) is 18.6 Å². The number of benzene rings is 1. The highest BCUT2D eigenvalue weighted by atomic mass is 16.1. The molecule has 6 nitrogen and oxygen atoms in total. The van der Waals surface area contributed by atoms with Crippen LogP contribution in [0.1, 0.15) is 5.56 Å². The van der Waals surface area contributed by atoms with Crippen LogP contribution in [0.3, 0.4) is 0 Å². The van der Waals surface area contributed by atoms with Gasteiger partial charge in [-0.1, -0.05) is 18.2 Å². The molecule has 0 N–H and O–H groups in total. The van der Waals surface area contributed by atoms with E-state index in [2.05, 4.69) is 10.1 Å². The van der Waals surface area contributed by atoms with Crippen molar-refractivity contribution in [3.63, 3.8) is 0 Å². The Morgan fingerprint density at radius 2 is 2.15 bits per heavy atom. The Hall–Kier alpha value is -2.94. The van der Waals surface area contributed by atoms with Gasteiger partial charge in [0.25, 0.3) is 5.56 Å². The van der Waals surface area contributed by atoms with Crippen molar-refractivity contribution in [1.82, 2.24) is 19.3 Å². The van der Waals surface area contributed by atoms with Crippen molar-refractivity contribution < 1.29 is 0 Å². The summed E-state index contributed by atoms with van der Waals surface area (Å²) >= 11 is 0. The average Bonchev–Trinajstić information content (AvgIpc) is 2.87. The molecule has 0 aliphatic rings. The molecule has 2 heterocycles. The maximum absolute atomic E-state index is 12.2. The van der Waals surface area contributed by atoms with Crippen LogP contribution in [0.15, 0.2) is 41.6 Å². The van der Waals surface area contributed by atoms with Crippen LogP contribution in [0.2, 0.25) is 0 Å². The van der Waals surface area contributed by atoms with Gasteiger partial charge in [0.15, 0.2) is 5.65 Å². The van der Waals surface area contributed by atoms with E-state index in [1.54, 1.807) is 4.68 Å². The molecule has 0 atom stereocenters. The number of hydrogen-bond acceptors (Lipinski definition) is 4. The van der Waals surface area contributed by atoms with Crippen LogP contribution in [0.25, 0.3) is 16.7 Å². The van der Waals surface area contributed by atoms with Crippen molar-refractivity contribution in [2.45, 2.75) is 13.5 Å². The topological polar surface area (TPSA) is 76.5 Å². The van der Waals surface area contributed by atoms with E-state index in [9.17, 15) is 4.79 Å². The van der Waals surface area contributed by atoms with Gasteiger partial charge in [-0.3, -0.25) is 9.36 Å². The van der Waals surface area contributed by atoms with Gasteiger partial charge in [-0.25, -0.2) is 9.67 Å². The standard InChI is InChI=1S/C14H11N5O/c1-10-4-2-3-5-12(10)19-13-11(8-17-19)14(20)18(7-6-15)9-16-13/h2-5,8-9H,7H2,1H3. The third-order valence-corrected chi connectivity index (χ3v) is 3.14. The fourth-order valence-electron chi connectivity index (χ4n) is 2.11. The summed E-state index contributed by atoms with van der Waals surface area (Å²) in [5.41, 5.74) is 2.17. The van der Waals surface area contributed by atoms with Crippen molar-refractivity contribution >= 4 is 11.0 Å². The molecule has 2 aromatic heterocycles. The lowest BCUT2D eigenvalue weighted by Gasteiger charge is -2.06. The van der Waals surface area contributed by atoms with Crippen LogP contribution in [-0.2, 0) is 6.54 Å². The van der Waals surface area contributed by atoms with Crippen LogP contribution in [0.5, 0.6) is 0 Å². The molecule has 0 fully saturated rings. The monoisotopic (exact) mass is 265 g/mol. The molecule has 3 aromatic rings. The Balaban J connectivity index is 2.27. The van der Waals surface area contributed by atoms with Crippen LogP contribution < -0.4 is 5.56 Å².